The minimum Gasteiger partial charge on any atom is -0.460 e. The van der Waals surface area contributed by atoms with Crippen LogP contribution in [0, 0.1) is 5.82 Å². The first-order valence-electron chi connectivity index (χ1n) is 13.0. The fourth-order valence-electron chi connectivity index (χ4n) is 4.66. The van der Waals surface area contributed by atoms with E-state index in [0.29, 0.717) is 13.0 Å². The summed E-state index contributed by atoms with van der Waals surface area (Å²) in [6.45, 7) is 10.6. The largest absolute Gasteiger partial charge is 0.460 e. The maximum absolute atomic E-state index is 13.8. The Morgan fingerprint density at radius 1 is 1.05 bits per heavy atom. The number of esters is 1. The molecule has 0 spiro atoms. The van der Waals surface area contributed by atoms with Crippen molar-refractivity contribution in [2.45, 2.75) is 83.0 Å². The number of rotatable bonds is 8. The summed E-state index contributed by atoms with van der Waals surface area (Å²) in [5.74, 6) is -1.74. The summed E-state index contributed by atoms with van der Waals surface area (Å²) in [4.78, 5) is 12.4. The quantitative estimate of drug-likeness (QED) is 0.159. The number of carbonyl (C=O) groups is 1. The van der Waals surface area contributed by atoms with Crippen LogP contribution in [-0.2, 0) is 25.5 Å². The zero-order valence-electron chi connectivity index (χ0n) is 22.5. The summed E-state index contributed by atoms with van der Waals surface area (Å²) in [6, 6.07) is 19.1. The molecule has 0 amide bonds. The van der Waals surface area contributed by atoms with Crippen molar-refractivity contribution >= 4 is 26.2 Å². The van der Waals surface area contributed by atoms with Gasteiger partial charge in [-0.05, 0) is 74.6 Å². The number of benzene rings is 2. The van der Waals surface area contributed by atoms with Crippen LogP contribution < -0.4 is 0 Å². The van der Waals surface area contributed by atoms with Gasteiger partial charge in [-0.1, -0.05) is 64.4 Å². The van der Waals surface area contributed by atoms with Gasteiger partial charge in [0, 0.05) is 17.8 Å². The van der Waals surface area contributed by atoms with E-state index in [1.165, 1.54) is 17.8 Å². The first-order valence-corrected chi connectivity index (χ1v) is 14.6. The normalized spacial score (nSPS) is 20.7. The molecule has 0 saturated carbocycles. The van der Waals surface area contributed by atoms with Crippen molar-refractivity contribution in [2.75, 3.05) is 0 Å². The van der Waals surface area contributed by atoms with Crippen LogP contribution in [0.15, 0.2) is 60.7 Å². The second kappa shape index (κ2) is 12.3. The van der Waals surface area contributed by atoms with Crippen molar-refractivity contribution in [3.63, 3.8) is 0 Å². The van der Waals surface area contributed by atoms with Crippen molar-refractivity contribution in [3.8, 4) is 22.4 Å². The highest BCUT2D eigenvalue weighted by atomic mass is 35.5. The zero-order chi connectivity index (χ0) is 27.4. The van der Waals surface area contributed by atoms with Crippen LogP contribution in [0.2, 0.25) is 0 Å². The molecule has 2 heterocycles. The second-order valence-corrected chi connectivity index (χ2v) is 12.8. The van der Waals surface area contributed by atoms with E-state index >= 15 is 0 Å². The molecule has 3 aromatic rings. The molecule has 8 heteroatoms. The van der Waals surface area contributed by atoms with Crippen molar-refractivity contribution < 1.29 is 23.4 Å². The average Bonchev–Trinajstić information content (AvgIpc) is 3.22. The highest BCUT2D eigenvalue weighted by Gasteiger charge is 2.32. The summed E-state index contributed by atoms with van der Waals surface area (Å²) in [6.07, 6.45) is 0.825. The number of halogens is 2. The van der Waals surface area contributed by atoms with Gasteiger partial charge in [0.25, 0.3) is 0 Å². The van der Waals surface area contributed by atoms with E-state index in [1.807, 2.05) is 51.1 Å². The third-order valence-corrected chi connectivity index (χ3v) is 7.94. The number of ether oxygens (including phenoxy) is 3. The summed E-state index contributed by atoms with van der Waals surface area (Å²) in [5, 5.41) is 0. The number of nitrogens with zero attached hydrogens (tertiary/aromatic N) is 1. The summed E-state index contributed by atoms with van der Waals surface area (Å²) in [5.41, 5.74) is 4.84. The number of alkyl halides is 1. The van der Waals surface area contributed by atoms with Crippen LogP contribution in [0.4, 0.5) is 4.39 Å². The third kappa shape index (κ3) is 7.45. The Hall–Kier alpha value is -2.24. The third-order valence-electron chi connectivity index (χ3n) is 6.22. The molecule has 1 saturated heterocycles. The van der Waals surface area contributed by atoms with Gasteiger partial charge in [0.15, 0.2) is 0 Å². The van der Waals surface area contributed by atoms with Crippen LogP contribution in [-0.4, -0.2) is 33.6 Å². The molecule has 1 fully saturated rings. The molecule has 1 aliphatic rings. The van der Waals surface area contributed by atoms with Crippen molar-refractivity contribution in [1.29, 1.82) is 0 Å². The smallest absolute Gasteiger partial charge is 0.309 e. The van der Waals surface area contributed by atoms with Gasteiger partial charge in [-0.2, -0.15) is 0 Å². The zero-order valence-corrected chi connectivity index (χ0v) is 24.3. The van der Waals surface area contributed by atoms with Crippen LogP contribution >= 0.6 is 20.2 Å². The minimum absolute atomic E-state index is 0.137. The summed E-state index contributed by atoms with van der Waals surface area (Å²) >= 11 is 6.28. The summed E-state index contributed by atoms with van der Waals surface area (Å²) in [7, 11) is 0.241. The van der Waals surface area contributed by atoms with Gasteiger partial charge in [0.1, 0.15) is 11.4 Å². The van der Waals surface area contributed by atoms with Crippen LogP contribution in [0.25, 0.3) is 22.4 Å². The SMILES string of the molecule is CC(C)c1cc(-c2ccccc2)c(-c2ccc(F)cc2)n1CC[C@@H]1OC(Cl)O[C@@H](CC(=O)OC(C)(C)C)P1. The Balaban J connectivity index is 1.61. The van der Waals surface area contributed by atoms with E-state index in [2.05, 4.69) is 36.6 Å². The molecule has 2 aromatic carbocycles. The predicted molar refractivity (Wildman–Crippen MR) is 152 cm³/mol. The fraction of sp³-hybridized carbons (Fsp3) is 0.433. The van der Waals surface area contributed by atoms with E-state index in [1.54, 1.807) is 0 Å². The predicted octanol–water partition coefficient (Wildman–Crippen LogP) is 8.11. The molecule has 38 heavy (non-hydrogen) atoms. The van der Waals surface area contributed by atoms with E-state index in [9.17, 15) is 9.18 Å². The first-order chi connectivity index (χ1) is 18.0. The topological polar surface area (TPSA) is 49.7 Å². The van der Waals surface area contributed by atoms with Gasteiger partial charge < -0.3 is 18.8 Å². The molecule has 204 valence electrons. The van der Waals surface area contributed by atoms with Crippen LogP contribution in [0.1, 0.15) is 59.1 Å². The van der Waals surface area contributed by atoms with E-state index in [0.717, 1.165) is 22.4 Å². The molecule has 5 nitrogen and oxygen atoms in total. The lowest BCUT2D eigenvalue weighted by molar-refractivity contribution is -0.163. The lowest BCUT2D eigenvalue weighted by atomic mass is 10.0. The molecular formula is C30H36ClFNO4P. The Morgan fingerprint density at radius 3 is 2.34 bits per heavy atom. The first kappa shape index (κ1) is 28.8. The minimum atomic E-state index is -0.917. The van der Waals surface area contributed by atoms with Crippen molar-refractivity contribution in [2.24, 2.45) is 0 Å². The van der Waals surface area contributed by atoms with Gasteiger partial charge in [-0.3, -0.25) is 4.79 Å². The summed E-state index contributed by atoms with van der Waals surface area (Å²) < 4.78 is 33.2. The van der Waals surface area contributed by atoms with E-state index in [-0.39, 0.29) is 44.4 Å². The van der Waals surface area contributed by atoms with E-state index in [4.69, 9.17) is 25.8 Å². The Bertz CT molecular complexity index is 1220. The molecule has 2 unspecified atom stereocenters. The van der Waals surface area contributed by atoms with Gasteiger partial charge in [-0.25, -0.2) is 4.39 Å². The second-order valence-electron chi connectivity index (χ2n) is 10.8. The molecule has 0 bridgehead atoms. The van der Waals surface area contributed by atoms with Crippen molar-refractivity contribution in [3.05, 3.63) is 72.2 Å². The lowest BCUT2D eigenvalue weighted by Gasteiger charge is -2.33. The Kier molecular flexibility index (Phi) is 9.31. The molecule has 0 radical (unpaired) electrons. The Labute approximate surface area is 231 Å². The molecular weight excluding hydrogens is 524 g/mol. The number of carbonyl (C=O) groups excluding carboxylic acids is 1. The van der Waals surface area contributed by atoms with Crippen LogP contribution in [0.5, 0.6) is 0 Å². The highest BCUT2D eigenvalue weighted by Crippen LogP contribution is 2.42. The number of aromatic nitrogens is 1. The van der Waals surface area contributed by atoms with Gasteiger partial charge in [0.2, 0.25) is 5.75 Å². The van der Waals surface area contributed by atoms with Crippen molar-refractivity contribution in [1.82, 2.24) is 4.57 Å². The molecule has 0 N–H and O–H groups in total. The van der Waals surface area contributed by atoms with Gasteiger partial charge in [-0.15, -0.1) is 0 Å². The lowest BCUT2D eigenvalue weighted by Crippen LogP contribution is -2.33. The number of hydrogen-bond acceptors (Lipinski definition) is 4. The molecule has 1 aromatic heterocycles. The van der Waals surface area contributed by atoms with Gasteiger partial charge >= 0.3 is 5.97 Å². The standard InChI is InChI=1S/C30H36ClFNO4P/c1-19(2)24-17-23(20-9-7-6-8-10-20)28(21-11-13-22(32)14-12-21)33(24)16-15-26-35-29(31)36-27(38-26)18-25(34)37-30(3,4)5/h6-14,17,19,26-27,29,38H,15-16,18H2,1-5H3/t26-,27-,29?/m1/s1. The number of hydrogen-bond donors (Lipinski definition) is 0. The molecule has 4 rings (SSSR count). The molecule has 1 aliphatic heterocycles. The monoisotopic (exact) mass is 559 g/mol. The maximum atomic E-state index is 13.8. The van der Waals surface area contributed by atoms with Crippen LogP contribution in [0.3, 0.4) is 0 Å². The molecule has 4 atom stereocenters. The fourth-order valence-corrected chi connectivity index (χ4v) is 6.48. The molecule has 0 aliphatic carbocycles. The average molecular weight is 560 g/mol. The van der Waals surface area contributed by atoms with E-state index < -0.39 is 11.4 Å². The van der Waals surface area contributed by atoms with Gasteiger partial charge in [0.05, 0.1) is 23.8 Å². The maximum Gasteiger partial charge on any atom is 0.309 e. The Morgan fingerprint density at radius 2 is 1.71 bits per heavy atom. The highest BCUT2D eigenvalue weighted by molar-refractivity contribution is 7.39.